The highest BCUT2D eigenvalue weighted by Crippen LogP contribution is 2.49. The number of nitrogens with one attached hydrogen (secondary N) is 1. The monoisotopic (exact) mass is 389 g/mol. The quantitative estimate of drug-likeness (QED) is 0.822. The van der Waals surface area contributed by atoms with E-state index in [1.54, 1.807) is 24.3 Å². The SMILES string of the molecule is COC(C(=O)N[C@H]1CC2(CCC2)Oc2ccc(F)cc21)c1ccccc1Cl. The molecule has 0 bridgehead atoms. The lowest BCUT2D eigenvalue weighted by molar-refractivity contribution is -0.133. The van der Waals surface area contributed by atoms with Gasteiger partial charge < -0.3 is 14.8 Å². The molecular weight excluding hydrogens is 369 g/mol. The second-order valence-electron chi connectivity index (χ2n) is 7.22. The van der Waals surface area contributed by atoms with E-state index in [1.807, 2.05) is 6.07 Å². The minimum Gasteiger partial charge on any atom is -0.487 e. The summed E-state index contributed by atoms with van der Waals surface area (Å²) < 4.78 is 25.4. The maximum absolute atomic E-state index is 13.8. The van der Waals surface area contributed by atoms with Crippen LogP contribution in [-0.4, -0.2) is 18.6 Å². The van der Waals surface area contributed by atoms with Gasteiger partial charge in [-0.1, -0.05) is 29.8 Å². The van der Waals surface area contributed by atoms with Crippen LogP contribution >= 0.6 is 11.6 Å². The smallest absolute Gasteiger partial charge is 0.254 e. The van der Waals surface area contributed by atoms with Crippen molar-refractivity contribution in [3.05, 3.63) is 64.4 Å². The fraction of sp³-hybridized carbons (Fsp3) is 0.381. The molecule has 1 aliphatic heterocycles. The Kier molecular flexibility index (Phi) is 4.82. The molecule has 2 atom stereocenters. The molecule has 1 unspecified atom stereocenters. The highest BCUT2D eigenvalue weighted by Gasteiger charge is 2.46. The van der Waals surface area contributed by atoms with E-state index >= 15 is 0 Å². The molecule has 1 N–H and O–H groups in total. The lowest BCUT2D eigenvalue weighted by atomic mass is 9.73. The molecule has 2 aromatic rings. The molecule has 142 valence electrons. The Hall–Kier alpha value is -2.11. The number of ether oxygens (including phenoxy) is 2. The molecule has 1 saturated carbocycles. The molecule has 0 saturated heterocycles. The predicted octanol–water partition coefficient (Wildman–Crippen LogP) is 4.73. The van der Waals surface area contributed by atoms with Crippen LogP contribution in [0.15, 0.2) is 42.5 Å². The van der Waals surface area contributed by atoms with Gasteiger partial charge in [-0.15, -0.1) is 0 Å². The first-order chi connectivity index (χ1) is 13.0. The first kappa shape index (κ1) is 18.3. The van der Waals surface area contributed by atoms with Crippen LogP contribution in [0.3, 0.4) is 0 Å². The summed E-state index contributed by atoms with van der Waals surface area (Å²) in [4.78, 5) is 13.0. The lowest BCUT2D eigenvalue weighted by Gasteiger charge is -2.48. The van der Waals surface area contributed by atoms with Crippen molar-refractivity contribution in [1.82, 2.24) is 5.32 Å². The van der Waals surface area contributed by atoms with Gasteiger partial charge in [-0.25, -0.2) is 4.39 Å². The van der Waals surface area contributed by atoms with E-state index in [0.717, 1.165) is 19.3 Å². The summed E-state index contributed by atoms with van der Waals surface area (Å²) in [5.41, 5.74) is 0.995. The topological polar surface area (TPSA) is 47.6 Å². The second kappa shape index (κ2) is 7.13. The molecule has 4 nitrogen and oxygen atoms in total. The van der Waals surface area contributed by atoms with Gasteiger partial charge in [-0.2, -0.15) is 0 Å². The van der Waals surface area contributed by atoms with Crippen molar-refractivity contribution in [3.63, 3.8) is 0 Å². The second-order valence-corrected chi connectivity index (χ2v) is 7.63. The molecular formula is C21H21ClFNO3. The molecule has 1 spiro atoms. The summed E-state index contributed by atoms with van der Waals surface area (Å²) in [7, 11) is 1.47. The zero-order valence-electron chi connectivity index (χ0n) is 15.0. The number of carbonyl (C=O) groups is 1. The molecule has 0 radical (unpaired) electrons. The predicted molar refractivity (Wildman–Crippen MR) is 100 cm³/mol. The number of hydrogen-bond acceptors (Lipinski definition) is 3. The Morgan fingerprint density at radius 1 is 1.33 bits per heavy atom. The van der Waals surface area contributed by atoms with Crippen LogP contribution in [0.4, 0.5) is 4.39 Å². The summed E-state index contributed by atoms with van der Waals surface area (Å²) in [5.74, 6) is -0.0166. The number of benzene rings is 2. The van der Waals surface area contributed by atoms with Gasteiger partial charge >= 0.3 is 0 Å². The highest BCUT2D eigenvalue weighted by atomic mass is 35.5. The van der Waals surface area contributed by atoms with E-state index in [0.29, 0.717) is 28.3 Å². The molecule has 6 heteroatoms. The first-order valence-corrected chi connectivity index (χ1v) is 9.45. The molecule has 2 aliphatic rings. The van der Waals surface area contributed by atoms with Crippen molar-refractivity contribution in [2.45, 2.75) is 43.4 Å². The van der Waals surface area contributed by atoms with E-state index in [9.17, 15) is 9.18 Å². The van der Waals surface area contributed by atoms with E-state index in [2.05, 4.69) is 5.32 Å². The summed E-state index contributed by atoms with van der Waals surface area (Å²) >= 11 is 6.23. The summed E-state index contributed by atoms with van der Waals surface area (Å²) in [6.45, 7) is 0. The number of carbonyl (C=O) groups excluding carboxylic acids is 1. The Morgan fingerprint density at radius 2 is 2.11 bits per heavy atom. The molecule has 4 rings (SSSR count). The van der Waals surface area contributed by atoms with Crippen LogP contribution in [0.25, 0.3) is 0 Å². The van der Waals surface area contributed by atoms with Gasteiger partial charge in [0.1, 0.15) is 17.2 Å². The van der Waals surface area contributed by atoms with Crippen molar-refractivity contribution < 1.29 is 18.7 Å². The Balaban J connectivity index is 1.62. The fourth-order valence-electron chi connectivity index (χ4n) is 3.96. The molecule has 2 aromatic carbocycles. The minimum absolute atomic E-state index is 0.268. The molecule has 1 aliphatic carbocycles. The maximum Gasteiger partial charge on any atom is 0.254 e. The molecule has 27 heavy (non-hydrogen) atoms. The maximum atomic E-state index is 13.8. The normalized spacial score (nSPS) is 20.9. The molecule has 1 heterocycles. The van der Waals surface area contributed by atoms with Crippen LogP contribution in [0, 0.1) is 5.82 Å². The minimum atomic E-state index is -0.837. The summed E-state index contributed by atoms with van der Waals surface area (Å²) in [6, 6.07) is 11.2. The third kappa shape index (κ3) is 3.42. The highest BCUT2D eigenvalue weighted by molar-refractivity contribution is 6.31. The van der Waals surface area contributed by atoms with Gasteiger partial charge in [-0.05, 0) is 43.5 Å². The van der Waals surface area contributed by atoms with Crippen LogP contribution in [-0.2, 0) is 9.53 Å². The van der Waals surface area contributed by atoms with Crippen molar-refractivity contribution in [1.29, 1.82) is 0 Å². The zero-order chi connectivity index (χ0) is 19.0. The van der Waals surface area contributed by atoms with Crippen LogP contribution in [0.2, 0.25) is 5.02 Å². The third-order valence-electron chi connectivity index (χ3n) is 5.49. The van der Waals surface area contributed by atoms with Gasteiger partial charge in [-0.3, -0.25) is 4.79 Å². The van der Waals surface area contributed by atoms with Crippen molar-refractivity contribution in [3.8, 4) is 5.75 Å². The van der Waals surface area contributed by atoms with Crippen LogP contribution < -0.4 is 10.1 Å². The average Bonchev–Trinajstić information content (AvgIpc) is 2.63. The van der Waals surface area contributed by atoms with Crippen molar-refractivity contribution in [2.75, 3.05) is 7.11 Å². The van der Waals surface area contributed by atoms with Crippen LogP contribution in [0.1, 0.15) is 49.0 Å². The molecule has 1 fully saturated rings. The van der Waals surface area contributed by atoms with Gasteiger partial charge in [0.05, 0.1) is 6.04 Å². The summed E-state index contributed by atoms with van der Waals surface area (Å²) in [6.07, 6.45) is 2.75. The number of halogens is 2. The van der Waals surface area contributed by atoms with E-state index in [-0.39, 0.29) is 23.4 Å². The average molecular weight is 390 g/mol. The fourth-order valence-corrected chi connectivity index (χ4v) is 4.19. The number of rotatable bonds is 4. The van der Waals surface area contributed by atoms with E-state index in [4.69, 9.17) is 21.1 Å². The number of hydrogen-bond donors (Lipinski definition) is 1. The Morgan fingerprint density at radius 3 is 2.78 bits per heavy atom. The number of methoxy groups -OCH3 is 1. The van der Waals surface area contributed by atoms with Gasteiger partial charge in [0, 0.05) is 29.7 Å². The van der Waals surface area contributed by atoms with E-state index < -0.39 is 6.10 Å². The van der Waals surface area contributed by atoms with Gasteiger partial charge in [0.2, 0.25) is 0 Å². The Labute approximate surface area is 162 Å². The van der Waals surface area contributed by atoms with Gasteiger partial charge in [0.25, 0.3) is 5.91 Å². The number of amides is 1. The van der Waals surface area contributed by atoms with Crippen molar-refractivity contribution in [2.24, 2.45) is 0 Å². The third-order valence-corrected chi connectivity index (χ3v) is 5.84. The van der Waals surface area contributed by atoms with E-state index in [1.165, 1.54) is 19.2 Å². The Bertz CT molecular complexity index is 868. The molecule has 1 amide bonds. The standard InChI is InChI=1S/C21H21ClFNO3/c1-26-19(14-5-2-3-6-16(14)22)20(25)24-17-12-21(9-4-10-21)27-18-8-7-13(23)11-15(17)18/h2-3,5-8,11,17,19H,4,9-10,12H2,1H3,(H,24,25)/t17-,19?/m0/s1. The van der Waals surface area contributed by atoms with Crippen molar-refractivity contribution >= 4 is 17.5 Å². The van der Waals surface area contributed by atoms with Crippen LogP contribution in [0.5, 0.6) is 5.75 Å². The zero-order valence-corrected chi connectivity index (χ0v) is 15.8. The van der Waals surface area contributed by atoms with Gasteiger partial charge in [0.15, 0.2) is 6.10 Å². The first-order valence-electron chi connectivity index (χ1n) is 9.07. The lowest BCUT2D eigenvalue weighted by Crippen LogP contribution is -2.50. The largest absolute Gasteiger partial charge is 0.487 e. The molecule has 0 aromatic heterocycles. The summed E-state index contributed by atoms with van der Waals surface area (Å²) in [5, 5.41) is 3.50. The number of fused-ring (bicyclic) bond motifs is 1.